The van der Waals surface area contributed by atoms with Gasteiger partial charge in [-0.15, -0.1) is 11.3 Å². The van der Waals surface area contributed by atoms with Crippen molar-refractivity contribution < 1.29 is 24.5 Å². The number of carbonyl (C=O) groups excluding carboxylic acids is 2. The molecule has 0 aromatic carbocycles. The Balaban J connectivity index is 1.87. The molecule has 3 rings (SSSR count). The predicted molar refractivity (Wildman–Crippen MR) is 130 cm³/mol. The molecule has 1 fully saturated rings. The van der Waals surface area contributed by atoms with Crippen LogP contribution >= 0.6 is 11.3 Å². The molecule has 1 aliphatic carbocycles. The molecule has 7 heteroatoms. The van der Waals surface area contributed by atoms with E-state index >= 15 is 0 Å². The minimum Gasteiger partial charge on any atom is -0.457 e. The minimum atomic E-state index is -1.15. The number of hydrogen-bond acceptors (Lipinski definition) is 7. The fraction of sp³-hybridized carbons (Fsp3) is 0.654. The summed E-state index contributed by atoms with van der Waals surface area (Å²) in [6.07, 6.45) is 4.93. The molecule has 2 heterocycles. The number of esters is 1. The van der Waals surface area contributed by atoms with Crippen molar-refractivity contribution in [1.82, 2.24) is 4.98 Å². The maximum Gasteiger partial charge on any atom is 0.309 e. The summed E-state index contributed by atoms with van der Waals surface area (Å²) in [5, 5.41) is 24.6. The van der Waals surface area contributed by atoms with E-state index in [1.165, 1.54) is 5.57 Å². The molecule has 1 saturated carbocycles. The number of aliphatic hydroxyl groups is 2. The van der Waals surface area contributed by atoms with Gasteiger partial charge in [-0.1, -0.05) is 25.5 Å². The van der Waals surface area contributed by atoms with Crippen LogP contribution in [0.2, 0.25) is 0 Å². The van der Waals surface area contributed by atoms with Crippen LogP contribution in [0.1, 0.15) is 76.9 Å². The number of ether oxygens (including phenoxy) is 1. The summed E-state index contributed by atoms with van der Waals surface area (Å²) in [4.78, 5) is 30.4. The highest BCUT2D eigenvalue weighted by Crippen LogP contribution is 2.44. The summed E-state index contributed by atoms with van der Waals surface area (Å²) in [5.41, 5.74) is 1.86. The van der Waals surface area contributed by atoms with Crippen LogP contribution in [0.5, 0.6) is 0 Å². The van der Waals surface area contributed by atoms with Crippen LogP contribution in [0, 0.1) is 24.2 Å². The standard InChI is InChI=1S/C26H37NO5S/c1-15-7-6-8-19-13-26(5,25(31)17(3)24(19)30)22(28)12-23(29)32-21(10-9-15)16(2)11-20-14-33-18(4)27-20/h9,11,14,17,19,21-22,24,28,30H,6-8,10,12-13H2,1-5H3/b15-9-,16-11+/t17-,19-,21+,22+,24-,26+/m1/s1. The smallest absolute Gasteiger partial charge is 0.309 e. The first-order valence-corrected chi connectivity index (χ1v) is 12.7. The van der Waals surface area contributed by atoms with Gasteiger partial charge < -0.3 is 14.9 Å². The van der Waals surface area contributed by atoms with Crippen LogP contribution < -0.4 is 0 Å². The lowest BCUT2D eigenvalue weighted by Crippen LogP contribution is -2.54. The first-order valence-electron chi connectivity index (χ1n) is 11.9. The van der Waals surface area contributed by atoms with Crippen LogP contribution in [0.3, 0.4) is 0 Å². The number of rotatable bonds is 2. The van der Waals surface area contributed by atoms with Gasteiger partial charge in [-0.2, -0.15) is 0 Å². The van der Waals surface area contributed by atoms with Gasteiger partial charge in [0, 0.05) is 17.7 Å². The fourth-order valence-electron chi connectivity index (χ4n) is 5.17. The zero-order valence-corrected chi connectivity index (χ0v) is 21.2. The van der Waals surface area contributed by atoms with Gasteiger partial charge in [0.15, 0.2) is 0 Å². The molecular formula is C26H37NO5S. The normalized spacial score (nSPS) is 36.5. The topological polar surface area (TPSA) is 96.7 Å². The second-order valence-corrected chi connectivity index (χ2v) is 11.1. The van der Waals surface area contributed by atoms with E-state index in [9.17, 15) is 19.8 Å². The molecule has 2 N–H and O–H groups in total. The maximum atomic E-state index is 13.1. The number of allylic oxidation sites excluding steroid dienone is 1. The van der Waals surface area contributed by atoms with E-state index in [1.807, 2.05) is 25.3 Å². The highest BCUT2D eigenvalue weighted by atomic mass is 32.1. The van der Waals surface area contributed by atoms with E-state index < -0.39 is 35.6 Å². The molecule has 33 heavy (non-hydrogen) atoms. The lowest BCUT2D eigenvalue weighted by atomic mass is 9.60. The van der Waals surface area contributed by atoms with Gasteiger partial charge in [0.2, 0.25) is 0 Å². The van der Waals surface area contributed by atoms with Crippen LogP contribution in [-0.2, 0) is 14.3 Å². The Morgan fingerprint density at radius 2 is 2.03 bits per heavy atom. The summed E-state index contributed by atoms with van der Waals surface area (Å²) in [6.45, 7) is 9.40. The van der Waals surface area contributed by atoms with Crippen molar-refractivity contribution in [3.63, 3.8) is 0 Å². The number of carbonyl (C=O) groups is 2. The number of Topliss-reactive ketones (excluding diaryl/α,β-unsaturated/α-hetero) is 1. The van der Waals surface area contributed by atoms with Gasteiger partial charge in [-0.3, -0.25) is 9.59 Å². The van der Waals surface area contributed by atoms with Crippen LogP contribution in [0.4, 0.5) is 0 Å². The molecule has 0 unspecified atom stereocenters. The van der Waals surface area contributed by atoms with E-state index in [4.69, 9.17) is 4.74 Å². The summed E-state index contributed by atoms with van der Waals surface area (Å²) in [6, 6.07) is 0. The van der Waals surface area contributed by atoms with E-state index in [1.54, 1.807) is 25.2 Å². The summed E-state index contributed by atoms with van der Waals surface area (Å²) >= 11 is 1.57. The molecule has 1 aromatic heterocycles. The molecule has 2 bridgehead atoms. The van der Waals surface area contributed by atoms with Crippen LogP contribution in [0.25, 0.3) is 6.08 Å². The summed E-state index contributed by atoms with van der Waals surface area (Å²) in [7, 11) is 0. The number of cyclic esters (lactones) is 1. The zero-order valence-electron chi connectivity index (χ0n) is 20.3. The summed E-state index contributed by atoms with van der Waals surface area (Å²) in [5.74, 6) is -1.35. The van der Waals surface area contributed by atoms with Gasteiger partial charge in [0.25, 0.3) is 0 Å². The molecule has 0 spiro atoms. The van der Waals surface area contributed by atoms with Gasteiger partial charge in [0.1, 0.15) is 11.9 Å². The first-order chi connectivity index (χ1) is 15.5. The third-order valence-electron chi connectivity index (χ3n) is 7.37. The SMILES string of the molecule is C/C1=C/C[C@@H](/C(C)=C/c2csc(C)n2)OC(=O)C[C@H](O)[C@]2(C)C[C@@H](CCC1)[C@H](O)[C@@H](C)C2=O. The second-order valence-electron chi connectivity index (χ2n) is 10.1. The number of fused-ring (bicyclic) bond motifs is 2. The average molecular weight is 476 g/mol. The quantitative estimate of drug-likeness (QED) is 0.478. The molecule has 182 valence electrons. The van der Waals surface area contributed by atoms with E-state index in [0.717, 1.165) is 35.5 Å². The molecule has 0 saturated heterocycles. The van der Waals surface area contributed by atoms with Gasteiger partial charge in [-0.05, 0) is 64.0 Å². The third-order valence-corrected chi connectivity index (χ3v) is 8.17. The van der Waals surface area contributed by atoms with Crippen molar-refractivity contribution in [2.24, 2.45) is 17.3 Å². The Bertz CT molecular complexity index is 935. The molecule has 6 nitrogen and oxygen atoms in total. The highest BCUT2D eigenvalue weighted by Gasteiger charge is 2.51. The van der Waals surface area contributed by atoms with E-state index in [-0.39, 0.29) is 18.1 Å². The van der Waals surface area contributed by atoms with Crippen molar-refractivity contribution in [1.29, 1.82) is 0 Å². The molecule has 1 aliphatic heterocycles. The molecule has 1 aromatic rings. The van der Waals surface area contributed by atoms with Crippen LogP contribution in [0.15, 0.2) is 22.6 Å². The Morgan fingerprint density at radius 1 is 1.30 bits per heavy atom. The Kier molecular flexibility index (Phi) is 8.30. The first kappa shape index (κ1) is 25.8. The number of hydrogen-bond donors (Lipinski definition) is 2. The highest BCUT2D eigenvalue weighted by molar-refractivity contribution is 7.09. The number of ketones is 1. The Hall–Kier alpha value is -1.83. The largest absolute Gasteiger partial charge is 0.457 e. The number of aliphatic hydroxyl groups excluding tert-OH is 2. The Labute approximate surface area is 200 Å². The predicted octanol–water partition coefficient (Wildman–Crippen LogP) is 4.63. The lowest BCUT2D eigenvalue weighted by Gasteiger charge is -2.45. The molecule has 2 aliphatic rings. The number of aromatic nitrogens is 1. The molecule has 0 radical (unpaired) electrons. The number of thiazole rings is 1. The van der Waals surface area contributed by atoms with Crippen molar-refractivity contribution >= 4 is 29.2 Å². The van der Waals surface area contributed by atoms with E-state index in [2.05, 4.69) is 18.0 Å². The Morgan fingerprint density at radius 3 is 2.70 bits per heavy atom. The van der Waals surface area contributed by atoms with Crippen molar-refractivity contribution in [3.05, 3.63) is 33.3 Å². The number of aryl methyl sites for hydroxylation is 1. The fourth-order valence-corrected chi connectivity index (χ4v) is 5.74. The summed E-state index contributed by atoms with van der Waals surface area (Å²) < 4.78 is 5.82. The van der Waals surface area contributed by atoms with Crippen molar-refractivity contribution in [2.45, 2.75) is 91.5 Å². The van der Waals surface area contributed by atoms with E-state index in [0.29, 0.717) is 12.8 Å². The maximum absolute atomic E-state index is 13.1. The third kappa shape index (κ3) is 6.00. The van der Waals surface area contributed by atoms with Crippen LogP contribution in [-0.4, -0.2) is 45.3 Å². The average Bonchev–Trinajstić information content (AvgIpc) is 3.16. The second kappa shape index (κ2) is 10.6. The molecular weight excluding hydrogens is 438 g/mol. The van der Waals surface area contributed by atoms with Crippen molar-refractivity contribution in [2.75, 3.05) is 0 Å². The molecule has 6 atom stereocenters. The molecule has 0 amide bonds. The number of nitrogens with zero attached hydrogens (tertiary/aromatic N) is 1. The zero-order chi connectivity index (χ0) is 24.3. The minimum absolute atomic E-state index is 0.0800. The van der Waals surface area contributed by atoms with Gasteiger partial charge >= 0.3 is 5.97 Å². The van der Waals surface area contributed by atoms with Gasteiger partial charge in [0.05, 0.1) is 34.7 Å². The lowest BCUT2D eigenvalue weighted by molar-refractivity contribution is -0.161. The van der Waals surface area contributed by atoms with Crippen molar-refractivity contribution in [3.8, 4) is 0 Å². The monoisotopic (exact) mass is 475 g/mol. The van der Waals surface area contributed by atoms with Gasteiger partial charge in [-0.25, -0.2) is 4.98 Å².